The third-order valence-electron chi connectivity index (χ3n) is 2.11. The Bertz CT molecular complexity index is 328. The predicted octanol–water partition coefficient (Wildman–Crippen LogP) is 1.65. The van der Waals surface area contributed by atoms with Gasteiger partial charge in [0.2, 0.25) is 0 Å². The highest BCUT2D eigenvalue weighted by atomic mass is 35.5. The van der Waals surface area contributed by atoms with Crippen LogP contribution in [0.4, 0.5) is 0 Å². The van der Waals surface area contributed by atoms with Gasteiger partial charge in [0.1, 0.15) is 5.75 Å². The average Bonchev–Trinajstić information content (AvgIpc) is 2.20. The highest BCUT2D eigenvalue weighted by Gasteiger charge is 2.12. The number of benzene rings is 1. The van der Waals surface area contributed by atoms with E-state index in [9.17, 15) is 0 Å². The van der Waals surface area contributed by atoms with E-state index in [1.54, 1.807) is 13.2 Å². The topological polar surface area (TPSA) is 55.5 Å². The molecular weight excluding hydrogens is 202 g/mol. The van der Waals surface area contributed by atoms with E-state index in [0.717, 1.165) is 11.1 Å². The van der Waals surface area contributed by atoms with E-state index in [1.807, 2.05) is 13.0 Å². The van der Waals surface area contributed by atoms with E-state index in [2.05, 4.69) is 0 Å². The summed E-state index contributed by atoms with van der Waals surface area (Å²) >= 11 is 5.95. The molecule has 0 aromatic heterocycles. The molecule has 0 radical (unpaired) electrons. The standard InChI is InChI=1S/C10H14ClNO2/c1-6-3-10(14-2)7(4-8(6)11)9(12)5-13/h3-4,9,13H,5,12H2,1-2H3/t9-/m0/s1. The highest BCUT2D eigenvalue weighted by Crippen LogP contribution is 2.29. The first kappa shape index (κ1) is 11.3. The zero-order valence-electron chi connectivity index (χ0n) is 8.25. The second kappa shape index (κ2) is 4.64. The minimum absolute atomic E-state index is 0.129. The summed E-state index contributed by atoms with van der Waals surface area (Å²) in [7, 11) is 1.57. The van der Waals surface area contributed by atoms with Gasteiger partial charge in [0.25, 0.3) is 0 Å². The average molecular weight is 216 g/mol. The predicted molar refractivity (Wildman–Crippen MR) is 56.8 cm³/mol. The number of aliphatic hydroxyl groups is 1. The number of ether oxygens (including phenoxy) is 1. The normalized spacial score (nSPS) is 12.6. The lowest BCUT2D eigenvalue weighted by Gasteiger charge is -2.15. The summed E-state index contributed by atoms with van der Waals surface area (Å²) in [4.78, 5) is 0. The van der Waals surface area contributed by atoms with Gasteiger partial charge >= 0.3 is 0 Å². The molecule has 1 rings (SSSR count). The quantitative estimate of drug-likeness (QED) is 0.806. The molecule has 0 amide bonds. The molecule has 78 valence electrons. The Morgan fingerprint density at radius 1 is 1.57 bits per heavy atom. The molecule has 0 spiro atoms. The molecule has 0 unspecified atom stereocenters. The molecule has 0 fully saturated rings. The molecule has 3 nitrogen and oxygen atoms in total. The summed E-state index contributed by atoms with van der Waals surface area (Å²) in [5.74, 6) is 0.661. The molecule has 14 heavy (non-hydrogen) atoms. The lowest BCUT2D eigenvalue weighted by Crippen LogP contribution is -2.15. The van der Waals surface area contributed by atoms with Crippen LogP contribution in [0.3, 0.4) is 0 Å². The van der Waals surface area contributed by atoms with Gasteiger partial charge in [-0.25, -0.2) is 0 Å². The lowest BCUT2D eigenvalue weighted by atomic mass is 10.0. The number of hydrogen-bond acceptors (Lipinski definition) is 3. The number of aryl methyl sites for hydroxylation is 1. The van der Waals surface area contributed by atoms with Crippen molar-refractivity contribution in [2.75, 3.05) is 13.7 Å². The van der Waals surface area contributed by atoms with Crippen LogP contribution < -0.4 is 10.5 Å². The van der Waals surface area contributed by atoms with Crippen molar-refractivity contribution in [3.05, 3.63) is 28.3 Å². The number of hydrogen-bond donors (Lipinski definition) is 2. The smallest absolute Gasteiger partial charge is 0.124 e. The zero-order chi connectivity index (χ0) is 10.7. The summed E-state index contributed by atoms with van der Waals surface area (Å²) in [6.45, 7) is 1.76. The maximum absolute atomic E-state index is 8.94. The Balaban J connectivity index is 3.19. The number of halogens is 1. The molecule has 0 aliphatic heterocycles. The SMILES string of the molecule is COc1cc(C)c(Cl)cc1[C@@H](N)CO. The van der Waals surface area contributed by atoms with E-state index >= 15 is 0 Å². The summed E-state index contributed by atoms with van der Waals surface area (Å²) in [5.41, 5.74) is 7.36. The Morgan fingerprint density at radius 2 is 2.21 bits per heavy atom. The van der Waals surface area contributed by atoms with Crippen molar-refractivity contribution in [2.45, 2.75) is 13.0 Å². The van der Waals surface area contributed by atoms with Gasteiger partial charge < -0.3 is 15.6 Å². The molecule has 0 saturated heterocycles. The third kappa shape index (κ3) is 2.18. The number of methoxy groups -OCH3 is 1. The van der Waals surface area contributed by atoms with E-state index in [1.165, 1.54) is 0 Å². The van der Waals surface area contributed by atoms with Gasteiger partial charge in [-0.05, 0) is 24.6 Å². The van der Waals surface area contributed by atoms with E-state index in [-0.39, 0.29) is 6.61 Å². The molecule has 0 aliphatic rings. The molecule has 0 saturated carbocycles. The minimum Gasteiger partial charge on any atom is -0.496 e. The van der Waals surface area contributed by atoms with Crippen LogP contribution >= 0.6 is 11.6 Å². The maximum atomic E-state index is 8.94. The van der Waals surface area contributed by atoms with Crippen molar-refractivity contribution in [3.8, 4) is 5.75 Å². The fourth-order valence-electron chi connectivity index (χ4n) is 1.24. The van der Waals surface area contributed by atoms with Crippen LogP contribution in [0.15, 0.2) is 12.1 Å². The van der Waals surface area contributed by atoms with Crippen LogP contribution in [0, 0.1) is 6.92 Å². The summed E-state index contributed by atoms with van der Waals surface area (Å²) in [6, 6.07) is 3.09. The molecule has 1 aromatic carbocycles. The summed E-state index contributed by atoms with van der Waals surface area (Å²) < 4.78 is 5.15. The number of rotatable bonds is 3. The first-order valence-corrected chi connectivity index (χ1v) is 4.68. The second-order valence-corrected chi connectivity index (χ2v) is 3.54. The Labute approximate surface area is 88.4 Å². The van der Waals surface area contributed by atoms with Gasteiger partial charge in [0.15, 0.2) is 0 Å². The monoisotopic (exact) mass is 215 g/mol. The lowest BCUT2D eigenvalue weighted by molar-refractivity contribution is 0.264. The van der Waals surface area contributed by atoms with Gasteiger partial charge in [-0.1, -0.05) is 11.6 Å². The van der Waals surface area contributed by atoms with Gasteiger partial charge in [-0.15, -0.1) is 0 Å². The van der Waals surface area contributed by atoms with Crippen molar-refractivity contribution in [2.24, 2.45) is 5.73 Å². The zero-order valence-corrected chi connectivity index (χ0v) is 9.01. The molecule has 0 heterocycles. The third-order valence-corrected chi connectivity index (χ3v) is 2.51. The number of nitrogens with two attached hydrogens (primary N) is 1. The van der Waals surface area contributed by atoms with E-state index in [0.29, 0.717) is 10.8 Å². The molecule has 1 atom stereocenters. The molecule has 4 heteroatoms. The number of aliphatic hydroxyl groups excluding tert-OH is 1. The van der Waals surface area contributed by atoms with Crippen LogP contribution in [-0.2, 0) is 0 Å². The molecule has 3 N–H and O–H groups in total. The maximum Gasteiger partial charge on any atom is 0.124 e. The van der Waals surface area contributed by atoms with Gasteiger partial charge in [0, 0.05) is 10.6 Å². The minimum atomic E-state index is -0.456. The second-order valence-electron chi connectivity index (χ2n) is 3.13. The fourth-order valence-corrected chi connectivity index (χ4v) is 1.41. The van der Waals surface area contributed by atoms with Crippen LogP contribution in [0.25, 0.3) is 0 Å². The molecule has 1 aromatic rings. The van der Waals surface area contributed by atoms with E-state index in [4.69, 9.17) is 27.2 Å². The van der Waals surface area contributed by atoms with Crippen LogP contribution in [0.1, 0.15) is 17.2 Å². The van der Waals surface area contributed by atoms with Crippen molar-refractivity contribution in [1.29, 1.82) is 0 Å². The summed E-state index contributed by atoms with van der Waals surface area (Å²) in [5, 5.41) is 9.57. The van der Waals surface area contributed by atoms with Gasteiger partial charge in [-0.3, -0.25) is 0 Å². The molecular formula is C10H14ClNO2. The van der Waals surface area contributed by atoms with Crippen LogP contribution in [0.2, 0.25) is 5.02 Å². The summed E-state index contributed by atoms with van der Waals surface area (Å²) in [6.07, 6.45) is 0. The molecule has 0 bridgehead atoms. The Hall–Kier alpha value is -0.770. The van der Waals surface area contributed by atoms with E-state index < -0.39 is 6.04 Å². The van der Waals surface area contributed by atoms with Crippen molar-refractivity contribution < 1.29 is 9.84 Å². The van der Waals surface area contributed by atoms with Gasteiger partial charge in [0.05, 0.1) is 19.8 Å². The Kier molecular flexibility index (Phi) is 3.75. The van der Waals surface area contributed by atoms with Crippen molar-refractivity contribution >= 4 is 11.6 Å². The van der Waals surface area contributed by atoms with Gasteiger partial charge in [-0.2, -0.15) is 0 Å². The first-order chi connectivity index (χ1) is 6.60. The Morgan fingerprint density at radius 3 is 2.71 bits per heavy atom. The van der Waals surface area contributed by atoms with Crippen molar-refractivity contribution in [1.82, 2.24) is 0 Å². The van der Waals surface area contributed by atoms with Crippen LogP contribution in [-0.4, -0.2) is 18.8 Å². The van der Waals surface area contributed by atoms with Crippen LogP contribution in [0.5, 0.6) is 5.75 Å². The highest BCUT2D eigenvalue weighted by molar-refractivity contribution is 6.31. The largest absolute Gasteiger partial charge is 0.496 e. The van der Waals surface area contributed by atoms with Crippen molar-refractivity contribution in [3.63, 3.8) is 0 Å². The first-order valence-electron chi connectivity index (χ1n) is 4.30. The molecule has 0 aliphatic carbocycles. The fraction of sp³-hybridized carbons (Fsp3) is 0.400.